The summed E-state index contributed by atoms with van der Waals surface area (Å²) in [7, 11) is 0. The van der Waals surface area contributed by atoms with Gasteiger partial charge in [0.1, 0.15) is 17.5 Å². The van der Waals surface area contributed by atoms with Crippen LogP contribution >= 0.6 is 0 Å². The zero-order chi connectivity index (χ0) is 14.7. The molecule has 1 N–H and O–H groups in total. The van der Waals surface area contributed by atoms with Gasteiger partial charge in [-0.15, -0.1) is 0 Å². The summed E-state index contributed by atoms with van der Waals surface area (Å²) < 4.78 is 0. The van der Waals surface area contributed by atoms with Crippen molar-refractivity contribution in [1.82, 2.24) is 9.97 Å². The highest BCUT2D eigenvalue weighted by atomic mass is 15.2. The number of piperidine rings is 1. The molecule has 0 aliphatic carbocycles. The molecule has 1 aliphatic heterocycles. The summed E-state index contributed by atoms with van der Waals surface area (Å²) in [5.41, 5.74) is 0. The van der Waals surface area contributed by atoms with Gasteiger partial charge in [0.15, 0.2) is 0 Å². The minimum atomic E-state index is 0.352. The Balaban J connectivity index is 2.33. The van der Waals surface area contributed by atoms with E-state index in [4.69, 9.17) is 4.98 Å². The quantitative estimate of drug-likeness (QED) is 0.911. The van der Waals surface area contributed by atoms with Gasteiger partial charge in [-0.05, 0) is 32.6 Å². The lowest BCUT2D eigenvalue weighted by Gasteiger charge is -2.39. The fraction of sp³-hybridized carbons (Fsp3) is 0.750. The molecule has 0 amide bonds. The number of aromatic nitrogens is 2. The molecule has 0 aromatic carbocycles. The van der Waals surface area contributed by atoms with Gasteiger partial charge in [-0.2, -0.15) is 0 Å². The van der Waals surface area contributed by atoms with Crippen LogP contribution in [0.2, 0.25) is 0 Å². The molecule has 4 heteroatoms. The van der Waals surface area contributed by atoms with E-state index >= 15 is 0 Å². The Bertz CT molecular complexity index is 444. The second kappa shape index (κ2) is 6.42. The second-order valence-electron chi connectivity index (χ2n) is 6.21. The van der Waals surface area contributed by atoms with Crippen molar-refractivity contribution in [3.05, 3.63) is 11.9 Å². The average molecular weight is 276 g/mol. The van der Waals surface area contributed by atoms with E-state index in [2.05, 4.69) is 55.9 Å². The van der Waals surface area contributed by atoms with Gasteiger partial charge in [0.2, 0.25) is 0 Å². The lowest BCUT2D eigenvalue weighted by atomic mass is 9.92. The Morgan fingerprint density at radius 1 is 1.35 bits per heavy atom. The predicted octanol–water partition coefficient (Wildman–Crippen LogP) is 3.66. The maximum absolute atomic E-state index is 4.80. The Morgan fingerprint density at radius 2 is 2.10 bits per heavy atom. The summed E-state index contributed by atoms with van der Waals surface area (Å²) >= 11 is 0. The first-order chi connectivity index (χ1) is 9.52. The van der Waals surface area contributed by atoms with Crippen LogP contribution in [-0.2, 0) is 0 Å². The molecule has 1 fully saturated rings. The van der Waals surface area contributed by atoms with Crippen LogP contribution in [-0.4, -0.2) is 29.1 Å². The lowest BCUT2D eigenvalue weighted by Crippen LogP contribution is -2.43. The van der Waals surface area contributed by atoms with Crippen LogP contribution < -0.4 is 10.2 Å². The monoisotopic (exact) mass is 276 g/mol. The summed E-state index contributed by atoms with van der Waals surface area (Å²) in [5.74, 6) is 4.04. The summed E-state index contributed by atoms with van der Waals surface area (Å²) in [6.45, 7) is 13.0. The van der Waals surface area contributed by atoms with E-state index in [9.17, 15) is 0 Å². The van der Waals surface area contributed by atoms with E-state index in [0.29, 0.717) is 12.0 Å². The maximum Gasteiger partial charge on any atom is 0.135 e. The largest absolute Gasteiger partial charge is 0.370 e. The summed E-state index contributed by atoms with van der Waals surface area (Å²) in [4.78, 5) is 11.9. The zero-order valence-electron chi connectivity index (χ0n) is 13.5. The van der Waals surface area contributed by atoms with Crippen molar-refractivity contribution >= 4 is 11.6 Å². The van der Waals surface area contributed by atoms with Gasteiger partial charge in [0, 0.05) is 31.1 Å². The number of nitrogens with one attached hydrogen (secondary N) is 1. The topological polar surface area (TPSA) is 41.0 Å². The van der Waals surface area contributed by atoms with Crippen molar-refractivity contribution in [1.29, 1.82) is 0 Å². The third kappa shape index (κ3) is 3.22. The van der Waals surface area contributed by atoms with E-state index in [1.807, 2.05) is 0 Å². The SMILES string of the molecule is CCNc1cc(N2CCCC(C)C2C)nc(C(C)C)n1. The number of anilines is 2. The Hall–Kier alpha value is -1.32. The standard InChI is InChI=1S/C16H28N4/c1-6-17-14-10-15(19-16(18-14)11(2)3)20-9-7-8-12(4)13(20)5/h10-13H,6-9H2,1-5H3,(H,17,18,19). The normalized spacial score (nSPS) is 23.2. The van der Waals surface area contributed by atoms with Gasteiger partial charge in [0.25, 0.3) is 0 Å². The maximum atomic E-state index is 4.80. The van der Waals surface area contributed by atoms with E-state index in [1.165, 1.54) is 12.8 Å². The van der Waals surface area contributed by atoms with Crippen LogP contribution in [0, 0.1) is 5.92 Å². The van der Waals surface area contributed by atoms with Crippen molar-refractivity contribution < 1.29 is 0 Å². The minimum Gasteiger partial charge on any atom is -0.370 e. The second-order valence-corrected chi connectivity index (χ2v) is 6.21. The van der Waals surface area contributed by atoms with Crippen molar-refractivity contribution in [2.45, 2.75) is 59.4 Å². The summed E-state index contributed by atoms with van der Waals surface area (Å²) in [6.07, 6.45) is 2.57. The van der Waals surface area contributed by atoms with Gasteiger partial charge >= 0.3 is 0 Å². The van der Waals surface area contributed by atoms with Crippen molar-refractivity contribution in [3.8, 4) is 0 Å². The first kappa shape index (κ1) is 15.1. The molecule has 0 bridgehead atoms. The first-order valence-electron chi connectivity index (χ1n) is 7.92. The van der Waals surface area contributed by atoms with Gasteiger partial charge < -0.3 is 10.2 Å². The summed E-state index contributed by atoms with van der Waals surface area (Å²) in [5, 5.41) is 3.33. The molecule has 2 unspecified atom stereocenters. The molecule has 2 heterocycles. The van der Waals surface area contributed by atoms with Crippen LogP contribution in [0.3, 0.4) is 0 Å². The third-order valence-electron chi connectivity index (χ3n) is 4.27. The van der Waals surface area contributed by atoms with Crippen molar-refractivity contribution in [2.24, 2.45) is 5.92 Å². The molecule has 1 aromatic rings. The number of nitrogens with zero attached hydrogens (tertiary/aromatic N) is 3. The number of hydrogen-bond acceptors (Lipinski definition) is 4. The van der Waals surface area contributed by atoms with Crippen molar-refractivity contribution in [2.75, 3.05) is 23.3 Å². The number of rotatable bonds is 4. The molecule has 4 nitrogen and oxygen atoms in total. The van der Waals surface area contributed by atoms with Gasteiger partial charge in [-0.3, -0.25) is 0 Å². The van der Waals surface area contributed by atoms with E-state index in [-0.39, 0.29) is 0 Å². The fourth-order valence-corrected chi connectivity index (χ4v) is 2.79. The Labute approximate surface area is 123 Å². The average Bonchev–Trinajstić information content (AvgIpc) is 2.42. The van der Waals surface area contributed by atoms with Crippen LogP contribution in [0.5, 0.6) is 0 Å². The third-order valence-corrected chi connectivity index (χ3v) is 4.27. The summed E-state index contributed by atoms with van der Waals surface area (Å²) in [6, 6.07) is 2.65. The van der Waals surface area contributed by atoms with E-state index < -0.39 is 0 Å². The van der Waals surface area contributed by atoms with Crippen LogP contribution in [0.1, 0.15) is 59.2 Å². The van der Waals surface area contributed by atoms with E-state index in [0.717, 1.165) is 36.5 Å². The molecule has 20 heavy (non-hydrogen) atoms. The minimum absolute atomic E-state index is 0.352. The zero-order valence-corrected chi connectivity index (χ0v) is 13.5. The molecular formula is C16H28N4. The van der Waals surface area contributed by atoms with Crippen LogP contribution in [0.15, 0.2) is 6.07 Å². The Morgan fingerprint density at radius 3 is 2.75 bits per heavy atom. The highest BCUT2D eigenvalue weighted by Gasteiger charge is 2.26. The molecule has 112 valence electrons. The van der Waals surface area contributed by atoms with Gasteiger partial charge in [0.05, 0.1) is 0 Å². The molecule has 0 spiro atoms. The smallest absolute Gasteiger partial charge is 0.135 e. The van der Waals surface area contributed by atoms with Gasteiger partial charge in [-0.25, -0.2) is 9.97 Å². The molecule has 0 radical (unpaired) electrons. The molecule has 1 aromatic heterocycles. The van der Waals surface area contributed by atoms with Gasteiger partial charge in [-0.1, -0.05) is 20.8 Å². The molecule has 0 saturated carbocycles. The van der Waals surface area contributed by atoms with E-state index in [1.54, 1.807) is 0 Å². The molecule has 1 aliphatic rings. The van der Waals surface area contributed by atoms with Crippen molar-refractivity contribution in [3.63, 3.8) is 0 Å². The predicted molar refractivity (Wildman–Crippen MR) is 85.5 cm³/mol. The van der Waals surface area contributed by atoms with Crippen LogP contribution in [0.4, 0.5) is 11.6 Å². The molecular weight excluding hydrogens is 248 g/mol. The Kier molecular flexibility index (Phi) is 4.84. The molecule has 2 atom stereocenters. The first-order valence-corrected chi connectivity index (χ1v) is 7.92. The van der Waals surface area contributed by atoms with Crippen LogP contribution in [0.25, 0.3) is 0 Å². The molecule has 2 rings (SSSR count). The number of hydrogen-bond donors (Lipinski definition) is 1. The molecule has 1 saturated heterocycles. The lowest BCUT2D eigenvalue weighted by molar-refractivity contribution is 0.361. The highest BCUT2D eigenvalue weighted by molar-refractivity contribution is 5.50. The highest BCUT2D eigenvalue weighted by Crippen LogP contribution is 2.29. The fourth-order valence-electron chi connectivity index (χ4n) is 2.79.